The van der Waals surface area contributed by atoms with Crippen LogP contribution in [0.4, 0.5) is 0 Å². The number of hydrogen-bond acceptors (Lipinski definition) is 5. The second kappa shape index (κ2) is 9.54. The van der Waals surface area contributed by atoms with E-state index in [1.165, 1.54) is 6.92 Å². The number of nitrogens with zero attached hydrogens (tertiary/aromatic N) is 3. The molecule has 2 rings (SSSR count). The fourth-order valence-electron chi connectivity index (χ4n) is 2.90. The van der Waals surface area contributed by atoms with Crippen molar-refractivity contribution in [3.05, 3.63) is 29.8 Å². The van der Waals surface area contributed by atoms with Gasteiger partial charge in [-0.25, -0.2) is 4.79 Å². The van der Waals surface area contributed by atoms with E-state index in [9.17, 15) is 9.59 Å². The van der Waals surface area contributed by atoms with Crippen LogP contribution >= 0.6 is 0 Å². The molecule has 0 radical (unpaired) electrons. The molecule has 0 spiro atoms. The molecule has 0 saturated carbocycles. The lowest BCUT2D eigenvalue weighted by Gasteiger charge is -2.23. The number of ether oxygens (including phenoxy) is 1. The molecule has 1 heterocycles. The zero-order chi connectivity index (χ0) is 19.1. The number of carbonyl (C=O) groups is 2. The van der Waals surface area contributed by atoms with Crippen LogP contribution in [-0.4, -0.2) is 84.6 Å². The summed E-state index contributed by atoms with van der Waals surface area (Å²) in [4.78, 5) is 29.1. The highest BCUT2D eigenvalue weighted by atomic mass is 16.5. The predicted molar refractivity (Wildman–Crippen MR) is 99.2 cm³/mol. The lowest BCUT2D eigenvalue weighted by Crippen LogP contribution is -2.38. The third kappa shape index (κ3) is 6.00. The summed E-state index contributed by atoms with van der Waals surface area (Å²) in [7, 11) is 3.56. The number of benzene rings is 1. The van der Waals surface area contributed by atoms with Gasteiger partial charge in [0.2, 0.25) is 5.91 Å². The van der Waals surface area contributed by atoms with Crippen LogP contribution in [0.5, 0.6) is 5.75 Å². The standard InChI is InChI=1S/C19H29N3O4/c1-15(19(24)25)26-17-8-5-4-7-16(17)13-21-9-6-10-22(12-11-21)14-18(23)20(2)3/h4-5,7-8,15H,6,9-14H2,1-3H3,(H,24,25)/t15-/m1/s1. The minimum atomic E-state index is -0.976. The molecule has 0 aliphatic carbocycles. The molecule has 1 aliphatic rings. The smallest absolute Gasteiger partial charge is 0.344 e. The van der Waals surface area contributed by atoms with Crippen LogP contribution in [0, 0.1) is 0 Å². The molecule has 0 aromatic heterocycles. The SMILES string of the molecule is C[C@@H](Oc1ccccc1CN1CCCN(CC(=O)N(C)C)CC1)C(=O)O. The first-order chi connectivity index (χ1) is 12.4. The highest BCUT2D eigenvalue weighted by molar-refractivity contribution is 5.77. The van der Waals surface area contributed by atoms with Crippen molar-refractivity contribution in [1.82, 2.24) is 14.7 Å². The maximum absolute atomic E-state index is 11.9. The largest absolute Gasteiger partial charge is 0.479 e. The molecule has 1 aliphatic heterocycles. The quantitative estimate of drug-likeness (QED) is 0.783. The highest BCUT2D eigenvalue weighted by Crippen LogP contribution is 2.22. The van der Waals surface area contributed by atoms with Crippen molar-refractivity contribution in [2.75, 3.05) is 46.8 Å². The molecular weight excluding hydrogens is 334 g/mol. The van der Waals surface area contributed by atoms with Crippen LogP contribution in [0.25, 0.3) is 0 Å². The number of rotatable bonds is 7. The molecule has 144 valence electrons. The van der Waals surface area contributed by atoms with E-state index in [0.29, 0.717) is 18.8 Å². The van der Waals surface area contributed by atoms with Gasteiger partial charge >= 0.3 is 5.97 Å². The number of hydrogen-bond donors (Lipinski definition) is 1. The average Bonchev–Trinajstić information content (AvgIpc) is 2.81. The van der Waals surface area contributed by atoms with E-state index < -0.39 is 12.1 Å². The molecule has 0 unspecified atom stereocenters. The van der Waals surface area contributed by atoms with Crippen molar-refractivity contribution < 1.29 is 19.4 Å². The highest BCUT2D eigenvalue weighted by Gasteiger charge is 2.20. The number of carbonyl (C=O) groups excluding carboxylic acids is 1. The Morgan fingerprint density at radius 1 is 1.15 bits per heavy atom. The lowest BCUT2D eigenvalue weighted by atomic mass is 10.2. The molecule has 1 aromatic carbocycles. The van der Waals surface area contributed by atoms with Crippen LogP contribution in [0.3, 0.4) is 0 Å². The van der Waals surface area contributed by atoms with Crippen LogP contribution in [-0.2, 0) is 16.1 Å². The maximum atomic E-state index is 11.9. The second-order valence-corrected chi connectivity index (χ2v) is 6.90. The number of amides is 1. The summed E-state index contributed by atoms with van der Waals surface area (Å²) in [6.45, 7) is 6.25. The number of likely N-dealkylation sites (N-methyl/N-ethyl adjacent to an activating group) is 1. The zero-order valence-corrected chi connectivity index (χ0v) is 15.9. The van der Waals surface area contributed by atoms with Crippen molar-refractivity contribution in [1.29, 1.82) is 0 Å². The monoisotopic (exact) mass is 363 g/mol. The molecule has 1 atom stereocenters. The van der Waals surface area contributed by atoms with Gasteiger partial charge in [0.1, 0.15) is 5.75 Å². The van der Waals surface area contributed by atoms with Crippen LogP contribution in [0.1, 0.15) is 18.9 Å². The lowest BCUT2D eigenvalue weighted by molar-refractivity contribution is -0.144. The summed E-state index contributed by atoms with van der Waals surface area (Å²) in [5.74, 6) is -0.234. The molecule has 0 bridgehead atoms. The first kappa shape index (κ1) is 20.2. The number of carboxylic acid groups (broad SMARTS) is 1. The van der Waals surface area contributed by atoms with Crippen LogP contribution < -0.4 is 4.74 Å². The van der Waals surface area contributed by atoms with Crippen molar-refractivity contribution in [2.45, 2.75) is 26.0 Å². The molecule has 1 aromatic rings. The Labute approximate surface area is 155 Å². The Balaban J connectivity index is 1.95. The molecule has 7 nitrogen and oxygen atoms in total. The molecule has 1 fully saturated rings. The average molecular weight is 363 g/mol. The van der Waals surface area contributed by atoms with Crippen molar-refractivity contribution in [3.63, 3.8) is 0 Å². The molecular formula is C19H29N3O4. The van der Waals surface area contributed by atoms with Gasteiger partial charge in [0.05, 0.1) is 6.54 Å². The topological polar surface area (TPSA) is 73.3 Å². The Kier molecular flexibility index (Phi) is 7.41. The first-order valence-corrected chi connectivity index (χ1v) is 8.99. The van der Waals surface area contributed by atoms with E-state index >= 15 is 0 Å². The summed E-state index contributed by atoms with van der Waals surface area (Å²) in [5, 5.41) is 9.06. The number of carboxylic acids is 1. The van der Waals surface area contributed by atoms with Crippen molar-refractivity contribution >= 4 is 11.9 Å². The Morgan fingerprint density at radius 2 is 1.81 bits per heavy atom. The van der Waals surface area contributed by atoms with Gasteiger partial charge in [0.15, 0.2) is 6.10 Å². The fraction of sp³-hybridized carbons (Fsp3) is 0.579. The molecule has 1 amide bonds. The summed E-state index contributed by atoms with van der Waals surface area (Å²) in [5.41, 5.74) is 0.985. The van der Waals surface area contributed by atoms with Gasteiger partial charge in [0.25, 0.3) is 0 Å². The fourth-order valence-corrected chi connectivity index (χ4v) is 2.90. The summed E-state index contributed by atoms with van der Waals surface area (Å²) in [6.07, 6.45) is 0.114. The van der Waals surface area contributed by atoms with E-state index in [0.717, 1.165) is 38.2 Å². The van der Waals surface area contributed by atoms with Crippen LogP contribution in [0.2, 0.25) is 0 Å². The molecule has 1 N–H and O–H groups in total. The Bertz CT molecular complexity index is 621. The number of aliphatic carboxylic acids is 1. The molecule has 7 heteroatoms. The van der Waals surface area contributed by atoms with Gasteiger partial charge in [-0.2, -0.15) is 0 Å². The van der Waals surface area contributed by atoms with Crippen molar-refractivity contribution in [3.8, 4) is 5.75 Å². The molecule has 26 heavy (non-hydrogen) atoms. The van der Waals surface area contributed by atoms with E-state index in [2.05, 4.69) is 9.80 Å². The van der Waals surface area contributed by atoms with Crippen molar-refractivity contribution in [2.24, 2.45) is 0 Å². The Morgan fingerprint density at radius 3 is 2.50 bits per heavy atom. The molecule has 1 saturated heterocycles. The first-order valence-electron chi connectivity index (χ1n) is 8.99. The van der Waals surface area contributed by atoms with Gasteiger partial charge in [-0.3, -0.25) is 14.6 Å². The van der Waals surface area contributed by atoms with Gasteiger partial charge in [-0.1, -0.05) is 18.2 Å². The second-order valence-electron chi connectivity index (χ2n) is 6.90. The third-order valence-corrected chi connectivity index (χ3v) is 4.56. The zero-order valence-electron chi connectivity index (χ0n) is 15.9. The van der Waals surface area contributed by atoms with Gasteiger partial charge in [0, 0.05) is 39.3 Å². The summed E-state index contributed by atoms with van der Waals surface area (Å²) >= 11 is 0. The van der Waals surface area contributed by atoms with Gasteiger partial charge in [-0.15, -0.1) is 0 Å². The minimum Gasteiger partial charge on any atom is -0.479 e. The predicted octanol–water partition coefficient (Wildman–Crippen LogP) is 1.13. The van der Waals surface area contributed by atoms with E-state index in [4.69, 9.17) is 9.84 Å². The Hall–Kier alpha value is -2.12. The van der Waals surface area contributed by atoms with E-state index in [-0.39, 0.29) is 5.91 Å². The van der Waals surface area contributed by atoms with Gasteiger partial charge < -0.3 is 14.7 Å². The minimum absolute atomic E-state index is 0.125. The summed E-state index contributed by atoms with van der Waals surface area (Å²) < 4.78 is 5.59. The third-order valence-electron chi connectivity index (χ3n) is 4.56. The summed E-state index contributed by atoms with van der Waals surface area (Å²) in [6, 6.07) is 7.58. The maximum Gasteiger partial charge on any atom is 0.344 e. The normalized spacial score (nSPS) is 17.3. The van der Waals surface area contributed by atoms with Gasteiger partial charge in [-0.05, 0) is 32.5 Å². The van der Waals surface area contributed by atoms with E-state index in [1.54, 1.807) is 19.0 Å². The number of para-hydroxylation sites is 1. The van der Waals surface area contributed by atoms with Crippen LogP contribution in [0.15, 0.2) is 24.3 Å². The van der Waals surface area contributed by atoms with E-state index in [1.807, 2.05) is 24.3 Å².